The van der Waals surface area contributed by atoms with E-state index in [1.807, 2.05) is 0 Å². The van der Waals surface area contributed by atoms with Crippen LogP contribution in [0.5, 0.6) is 11.5 Å². The maximum Gasteiger partial charge on any atom is 0.122 e. The van der Waals surface area contributed by atoms with Gasteiger partial charge in [-0.15, -0.1) is 0 Å². The predicted molar refractivity (Wildman–Crippen MR) is 166 cm³/mol. The third-order valence-electron chi connectivity index (χ3n) is 7.83. The van der Waals surface area contributed by atoms with E-state index >= 15 is 0 Å². The van der Waals surface area contributed by atoms with Gasteiger partial charge in [-0.05, 0) is 82.7 Å². The Hall–Kier alpha value is -1.96. The first-order valence-electron chi connectivity index (χ1n) is 15.6. The average molecular weight is 523 g/mol. The molecule has 0 amide bonds. The fraction of sp³-hybridized carbons (Fsp3) is 0.667. The lowest BCUT2D eigenvalue weighted by Gasteiger charge is -2.23. The van der Waals surface area contributed by atoms with E-state index in [1.54, 1.807) is 0 Å². The Kier molecular flexibility index (Phi) is 12.7. The summed E-state index contributed by atoms with van der Waals surface area (Å²) in [5.74, 6) is 1.04. The average Bonchev–Trinajstić information content (AvgIpc) is 2.82. The maximum absolute atomic E-state index is 10.8. The Morgan fingerprint density at radius 3 is 1.08 bits per heavy atom. The third-order valence-corrected chi connectivity index (χ3v) is 7.83. The van der Waals surface area contributed by atoms with Crippen LogP contribution in [0.1, 0.15) is 153 Å². The number of phenols is 2. The molecule has 0 fully saturated rings. The van der Waals surface area contributed by atoms with Crippen molar-refractivity contribution in [3.63, 3.8) is 0 Å². The number of rotatable bonds is 15. The SMILES string of the molecule is CCCc1cc(CCCCCCCCCCc2cc(CCC)c(O)c(C(C)(C)C)c2)cc(C(C)(C)C)c1O. The Labute approximate surface area is 235 Å². The highest BCUT2D eigenvalue weighted by molar-refractivity contribution is 5.48. The zero-order chi connectivity index (χ0) is 28.3. The minimum atomic E-state index is -0.0302. The second-order valence-electron chi connectivity index (χ2n) is 13.6. The molecule has 0 heterocycles. The fourth-order valence-corrected chi connectivity index (χ4v) is 5.59. The molecule has 38 heavy (non-hydrogen) atoms. The zero-order valence-corrected chi connectivity index (χ0v) is 26.1. The van der Waals surface area contributed by atoms with Crippen molar-refractivity contribution in [2.75, 3.05) is 0 Å². The molecule has 0 aliphatic carbocycles. The second kappa shape index (κ2) is 15.0. The molecule has 2 N–H and O–H groups in total. The lowest BCUT2D eigenvalue weighted by atomic mass is 9.83. The Morgan fingerprint density at radius 2 is 0.789 bits per heavy atom. The molecule has 2 heteroatoms. The van der Waals surface area contributed by atoms with Gasteiger partial charge in [-0.2, -0.15) is 0 Å². The van der Waals surface area contributed by atoms with Gasteiger partial charge < -0.3 is 10.2 Å². The van der Waals surface area contributed by atoms with Gasteiger partial charge in [-0.25, -0.2) is 0 Å². The molecule has 214 valence electrons. The van der Waals surface area contributed by atoms with Crippen LogP contribution in [0.15, 0.2) is 24.3 Å². The zero-order valence-electron chi connectivity index (χ0n) is 26.1. The molecule has 0 bridgehead atoms. The summed E-state index contributed by atoms with van der Waals surface area (Å²) in [4.78, 5) is 0. The van der Waals surface area contributed by atoms with Crippen LogP contribution in [0.2, 0.25) is 0 Å². The molecular weight excluding hydrogens is 464 g/mol. The molecule has 2 aromatic rings. The Morgan fingerprint density at radius 1 is 0.474 bits per heavy atom. The van der Waals surface area contributed by atoms with E-state index in [9.17, 15) is 10.2 Å². The minimum Gasteiger partial charge on any atom is -0.507 e. The van der Waals surface area contributed by atoms with E-state index < -0.39 is 0 Å². The van der Waals surface area contributed by atoms with Crippen molar-refractivity contribution in [2.24, 2.45) is 0 Å². The summed E-state index contributed by atoms with van der Waals surface area (Å²) in [5, 5.41) is 21.5. The van der Waals surface area contributed by atoms with Crippen molar-refractivity contribution in [1.29, 1.82) is 0 Å². The van der Waals surface area contributed by atoms with Gasteiger partial charge in [-0.3, -0.25) is 0 Å². The summed E-state index contributed by atoms with van der Waals surface area (Å²) in [6, 6.07) is 8.99. The summed E-state index contributed by atoms with van der Waals surface area (Å²) in [6.45, 7) is 17.5. The van der Waals surface area contributed by atoms with Gasteiger partial charge in [0.05, 0.1) is 0 Å². The first-order valence-corrected chi connectivity index (χ1v) is 15.6. The normalized spacial score (nSPS) is 12.3. The first kappa shape index (κ1) is 32.3. The predicted octanol–water partition coefficient (Wildman–Crippen LogP) is 10.5. The summed E-state index contributed by atoms with van der Waals surface area (Å²) in [5.41, 5.74) is 7.17. The molecule has 0 spiro atoms. The van der Waals surface area contributed by atoms with Crippen LogP contribution in [0.4, 0.5) is 0 Å². The molecule has 0 saturated carbocycles. The Balaban J connectivity index is 1.72. The van der Waals surface area contributed by atoms with Crippen LogP contribution >= 0.6 is 0 Å². The van der Waals surface area contributed by atoms with Crippen LogP contribution in [-0.4, -0.2) is 10.2 Å². The molecule has 0 unspecified atom stereocenters. The van der Waals surface area contributed by atoms with E-state index in [-0.39, 0.29) is 10.8 Å². The number of aromatic hydroxyl groups is 2. The quantitative estimate of drug-likeness (QED) is 0.228. The number of unbranched alkanes of at least 4 members (excludes halogenated alkanes) is 7. The standard InChI is InChI=1S/C36H58O2/c1-9-19-29-23-27(25-31(33(29)37)35(3,4)5)21-17-15-13-11-12-14-16-18-22-28-24-30(20-10-2)34(38)32(26-28)36(6,7)8/h23-26,37-38H,9-22H2,1-8H3. The number of benzene rings is 2. The summed E-state index contributed by atoms with van der Waals surface area (Å²) in [6.07, 6.45) is 16.6. The van der Waals surface area contributed by atoms with Gasteiger partial charge in [0.2, 0.25) is 0 Å². The molecule has 0 aliphatic rings. The smallest absolute Gasteiger partial charge is 0.122 e. The summed E-state index contributed by atoms with van der Waals surface area (Å²) >= 11 is 0. The highest BCUT2D eigenvalue weighted by atomic mass is 16.3. The van der Waals surface area contributed by atoms with Crippen molar-refractivity contribution >= 4 is 0 Å². The maximum atomic E-state index is 10.8. The molecule has 0 radical (unpaired) electrons. The van der Waals surface area contributed by atoms with Crippen LogP contribution in [0, 0.1) is 0 Å². The molecule has 2 aromatic carbocycles. The summed E-state index contributed by atoms with van der Waals surface area (Å²) in [7, 11) is 0. The number of hydrogen-bond acceptors (Lipinski definition) is 2. The Bertz CT molecular complexity index is 906. The van der Waals surface area contributed by atoms with Crippen molar-refractivity contribution in [1.82, 2.24) is 0 Å². The molecule has 2 nitrogen and oxygen atoms in total. The van der Waals surface area contributed by atoms with Gasteiger partial charge in [0.25, 0.3) is 0 Å². The van der Waals surface area contributed by atoms with Gasteiger partial charge in [0.1, 0.15) is 11.5 Å². The topological polar surface area (TPSA) is 40.5 Å². The third kappa shape index (κ3) is 9.97. The largest absolute Gasteiger partial charge is 0.507 e. The van der Waals surface area contributed by atoms with Crippen molar-refractivity contribution in [2.45, 2.75) is 156 Å². The van der Waals surface area contributed by atoms with Crippen molar-refractivity contribution in [3.8, 4) is 11.5 Å². The second-order valence-corrected chi connectivity index (χ2v) is 13.6. The van der Waals surface area contributed by atoms with Gasteiger partial charge in [0, 0.05) is 0 Å². The molecule has 2 rings (SSSR count). The van der Waals surface area contributed by atoms with Crippen molar-refractivity contribution in [3.05, 3.63) is 57.6 Å². The lowest BCUT2D eigenvalue weighted by molar-refractivity contribution is 0.438. The number of phenolic OH excluding ortho intramolecular Hbond substituents is 2. The molecule has 0 atom stereocenters. The van der Waals surface area contributed by atoms with Crippen LogP contribution < -0.4 is 0 Å². The molecule has 0 aromatic heterocycles. The highest BCUT2D eigenvalue weighted by Gasteiger charge is 2.22. The van der Waals surface area contributed by atoms with Gasteiger partial charge in [0.15, 0.2) is 0 Å². The first-order chi connectivity index (χ1) is 17.9. The van der Waals surface area contributed by atoms with E-state index in [0.29, 0.717) is 11.5 Å². The van der Waals surface area contributed by atoms with E-state index in [2.05, 4.69) is 79.7 Å². The van der Waals surface area contributed by atoms with Gasteiger partial charge >= 0.3 is 0 Å². The van der Waals surface area contributed by atoms with E-state index in [4.69, 9.17) is 0 Å². The highest BCUT2D eigenvalue weighted by Crippen LogP contribution is 2.36. The molecule has 0 aliphatic heterocycles. The van der Waals surface area contributed by atoms with Crippen LogP contribution in [0.25, 0.3) is 0 Å². The number of hydrogen-bond donors (Lipinski definition) is 2. The lowest BCUT2D eigenvalue weighted by Crippen LogP contribution is -2.13. The van der Waals surface area contributed by atoms with Crippen molar-refractivity contribution < 1.29 is 10.2 Å². The monoisotopic (exact) mass is 522 g/mol. The van der Waals surface area contributed by atoms with Crippen LogP contribution in [-0.2, 0) is 36.5 Å². The summed E-state index contributed by atoms with van der Waals surface area (Å²) < 4.78 is 0. The molecule has 0 saturated heterocycles. The van der Waals surface area contributed by atoms with Gasteiger partial charge in [-0.1, -0.05) is 131 Å². The fourth-order valence-electron chi connectivity index (χ4n) is 5.59. The molecular formula is C36H58O2. The van der Waals surface area contributed by atoms with E-state index in [1.165, 1.54) is 62.5 Å². The van der Waals surface area contributed by atoms with E-state index in [0.717, 1.165) is 60.8 Å². The number of aryl methyl sites for hydroxylation is 4. The van der Waals surface area contributed by atoms with Crippen LogP contribution in [0.3, 0.4) is 0 Å². The minimum absolute atomic E-state index is 0.0302.